The minimum atomic E-state index is -0.729. The third-order valence-corrected chi connectivity index (χ3v) is 2.18. The highest BCUT2D eigenvalue weighted by atomic mass is 79.9. The van der Waals surface area contributed by atoms with Gasteiger partial charge in [0.2, 0.25) is 0 Å². The van der Waals surface area contributed by atoms with Crippen molar-refractivity contribution < 1.29 is 8.78 Å². The SMILES string of the molecule is Cl.N[C@@H](CF)c1ccc(Br)c(F)c1. The molecule has 0 heterocycles. The smallest absolute Gasteiger partial charge is 0.137 e. The van der Waals surface area contributed by atoms with Crippen LogP contribution in [0.3, 0.4) is 0 Å². The number of halogens is 4. The van der Waals surface area contributed by atoms with Gasteiger partial charge in [-0.25, -0.2) is 8.78 Å². The van der Waals surface area contributed by atoms with Crippen LogP contribution in [-0.2, 0) is 0 Å². The van der Waals surface area contributed by atoms with Crippen molar-refractivity contribution in [3.8, 4) is 0 Å². The summed E-state index contributed by atoms with van der Waals surface area (Å²) in [6.07, 6.45) is 0. The lowest BCUT2D eigenvalue weighted by Crippen LogP contribution is -2.12. The summed E-state index contributed by atoms with van der Waals surface area (Å²) in [5.41, 5.74) is 5.83. The van der Waals surface area contributed by atoms with Crippen molar-refractivity contribution in [1.29, 1.82) is 0 Å². The molecule has 1 rings (SSSR count). The van der Waals surface area contributed by atoms with Gasteiger partial charge in [0.05, 0.1) is 10.5 Å². The van der Waals surface area contributed by atoms with Crippen LogP contribution in [0.2, 0.25) is 0 Å². The summed E-state index contributed by atoms with van der Waals surface area (Å²) in [7, 11) is 0. The van der Waals surface area contributed by atoms with E-state index in [1.165, 1.54) is 12.1 Å². The van der Waals surface area contributed by atoms with Crippen LogP contribution < -0.4 is 5.73 Å². The number of nitrogens with two attached hydrogens (primary N) is 1. The highest BCUT2D eigenvalue weighted by Crippen LogP contribution is 2.19. The molecule has 0 aromatic heterocycles. The number of alkyl halides is 1. The van der Waals surface area contributed by atoms with Crippen molar-refractivity contribution >= 4 is 28.3 Å². The lowest BCUT2D eigenvalue weighted by atomic mass is 10.1. The van der Waals surface area contributed by atoms with E-state index in [9.17, 15) is 8.78 Å². The Kier molecular flexibility index (Phi) is 5.44. The molecule has 0 aliphatic rings. The van der Waals surface area contributed by atoms with Gasteiger partial charge in [-0.15, -0.1) is 12.4 Å². The van der Waals surface area contributed by atoms with Gasteiger partial charge in [-0.3, -0.25) is 0 Å². The zero-order valence-electron chi connectivity index (χ0n) is 6.64. The predicted octanol–water partition coefficient (Wildman–Crippen LogP) is 2.98. The lowest BCUT2D eigenvalue weighted by molar-refractivity contribution is 0.436. The molecule has 0 bridgehead atoms. The maximum Gasteiger partial charge on any atom is 0.137 e. The van der Waals surface area contributed by atoms with Crippen LogP contribution in [0.15, 0.2) is 22.7 Å². The molecular weight excluding hydrogens is 263 g/mol. The first-order valence-corrected chi connectivity index (χ1v) is 4.21. The molecular formula is C8H9BrClF2N. The van der Waals surface area contributed by atoms with Crippen molar-refractivity contribution in [3.05, 3.63) is 34.1 Å². The third kappa shape index (κ3) is 3.21. The maximum absolute atomic E-state index is 12.9. The van der Waals surface area contributed by atoms with E-state index in [1.807, 2.05) is 0 Å². The van der Waals surface area contributed by atoms with Gasteiger partial charge in [0.1, 0.15) is 12.5 Å². The van der Waals surface area contributed by atoms with Crippen molar-refractivity contribution in [2.24, 2.45) is 5.73 Å². The van der Waals surface area contributed by atoms with Crippen LogP contribution in [0, 0.1) is 5.82 Å². The van der Waals surface area contributed by atoms with Crippen LogP contribution in [-0.4, -0.2) is 6.67 Å². The second-order valence-electron chi connectivity index (χ2n) is 2.43. The standard InChI is InChI=1S/C8H8BrF2N.ClH/c9-6-2-1-5(3-7(6)11)8(12)4-10;/h1-3,8H,4,12H2;1H/t8-;/m0./s1. The Bertz CT molecular complexity index is 283. The van der Waals surface area contributed by atoms with E-state index in [0.717, 1.165) is 0 Å². The van der Waals surface area contributed by atoms with Crippen molar-refractivity contribution in [1.82, 2.24) is 0 Å². The molecule has 1 nitrogen and oxygen atoms in total. The Morgan fingerprint density at radius 3 is 2.54 bits per heavy atom. The van der Waals surface area contributed by atoms with Gasteiger partial charge >= 0.3 is 0 Å². The molecule has 0 radical (unpaired) electrons. The molecule has 1 atom stereocenters. The normalized spacial score (nSPS) is 12.0. The largest absolute Gasteiger partial charge is 0.322 e. The Morgan fingerprint density at radius 1 is 1.46 bits per heavy atom. The summed E-state index contributed by atoms with van der Waals surface area (Å²) >= 11 is 2.99. The van der Waals surface area contributed by atoms with Gasteiger partial charge in [0.25, 0.3) is 0 Å². The summed E-state index contributed by atoms with van der Waals surface area (Å²) in [5.74, 6) is -0.420. The molecule has 0 amide bonds. The fourth-order valence-corrected chi connectivity index (χ4v) is 1.08. The first-order valence-electron chi connectivity index (χ1n) is 3.41. The van der Waals surface area contributed by atoms with E-state index < -0.39 is 18.5 Å². The molecule has 2 N–H and O–H groups in total. The van der Waals surface area contributed by atoms with E-state index >= 15 is 0 Å². The molecule has 0 aliphatic carbocycles. The van der Waals surface area contributed by atoms with E-state index in [4.69, 9.17) is 5.73 Å². The fourth-order valence-electron chi connectivity index (χ4n) is 0.832. The topological polar surface area (TPSA) is 26.0 Å². The second kappa shape index (κ2) is 5.52. The van der Waals surface area contributed by atoms with Gasteiger partial charge in [-0.2, -0.15) is 0 Å². The number of hydrogen-bond acceptors (Lipinski definition) is 1. The van der Waals surface area contributed by atoms with Crippen LogP contribution >= 0.6 is 28.3 Å². The maximum atomic E-state index is 12.9. The molecule has 5 heteroatoms. The van der Waals surface area contributed by atoms with Gasteiger partial charge in [-0.1, -0.05) is 6.07 Å². The Labute approximate surface area is 89.9 Å². The Morgan fingerprint density at radius 2 is 2.08 bits per heavy atom. The van der Waals surface area contributed by atoms with Crippen molar-refractivity contribution in [3.63, 3.8) is 0 Å². The number of rotatable bonds is 2. The van der Waals surface area contributed by atoms with Gasteiger partial charge in [0.15, 0.2) is 0 Å². The summed E-state index contributed by atoms with van der Waals surface area (Å²) in [4.78, 5) is 0. The average molecular weight is 273 g/mol. The van der Waals surface area contributed by atoms with Gasteiger partial charge in [-0.05, 0) is 33.6 Å². The Hall–Kier alpha value is -0.190. The fraction of sp³-hybridized carbons (Fsp3) is 0.250. The van der Waals surface area contributed by atoms with Crippen molar-refractivity contribution in [2.75, 3.05) is 6.67 Å². The molecule has 0 fully saturated rings. The zero-order valence-corrected chi connectivity index (χ0v) is 9.04. The van der Waals surface area contributed by atoms with E-state index in [0.29, 0.717) is 10.0 Å². The van der Waals surface area contributed by atoms with E-state index in [1.54, 1.807) is 6.07 Å². The van der Waals surface area contributed by atoms with Gasteiger partial charge < -0.3 is 5.73 Å². The highest BCUT2D eigenvalue weighted by molar-refractivity contribution is 9.10. The molecule has 0 saturated carbocycles. The number of hydrogen-bond donors (Lipinski definition) is 1. The summed E-state index contributed by atoms with van der Waals surface area (Å²) in [6.45, 7) is -0.679. The first-order chi connectivity index (χ1) is 5.65. The predicted molar refractivity (Wildman–Crippen MR) is 54.3 cm³/mol. The van der Waals surface area contributed by atoms with E-state index in [-0.39, 0.29) is 12.4 Å². The first kappa shape index (κ1) is 12.8. The molecule has 0 unspecified atom stereocenters. The number of benzene rings is 1. The summed E-state index contributed by atoms with van der Waals surface area (Å²) < 4.78 is 25.3. The lowest BCUT2D eigenvalue weighted by Gasteiger charge is -2.07. The Balaban J connectivity index is 0.00000144. The molecule has 0 saturated heterocycles. The quantitative estimate of drug-likeness (QED) is 0.880. The molecule has 1 aromatic carbocycles. The molecule has 13 heavy (non-hydrogen) atoms. The molecule has 74 valence electrons. The van der Waals surface area contributed by atoms with Crippen LogP contribution in [0.4, 0.5) is 8.78 Å². The van der Waals surface area contributed by atoms with Crippen LogP contribution in [0.5, 0.6) is 0 Å². The third-order valence-electron chi connectivity index (χ3n) is 1.54. The van der Waals surface area contributed by atoms with E-state index in [2.05, 4.69) is 15.9 Å². The summed E-state index contributed by atoms with van der Waals surface area (Å²) in [5, 5.41) is 0. The molecule has 0 aliphatic heterocycles. The summed E-state index contributed by atoms with van der Waals surface area (Å²) in [6, 6.07) is 3.61. The van der Waals surface area contributed by atoms with Crippen LogP contribution in [0.1, 0.15) is 11.6 Å². The van der Waals surface area contributed by atoms with Crippen molar-refractivity contribution in [2.45, 2.75) is 6.04 Å². The average Bonchev–Trinajstić information content (AvgIpc) is 2.08. The minimum absolute atomic E-state index is 0. The van der Waals surface area contributed by atoms with Gasteiger partial charge in [0, 0.05) is 0 Å². The zero-order chi connectivity index (χ0) is 9.14. The minimum Gasteiger partial charge on any atom is -0.322 e. The molecule has 1 aromatic rings. The molecule has 0 spiro atoms. The monoisotopic (exact) mass is 271 g/mol. The highest BCUT2D eigenvalue weighted by Gasteiger charge is 2.07. The van der Waals surface area contributed by atoms with Crippen LogP contribution in [0.25, 0.3) is 0 Å². The second-order valence-corrected chi connectivity index (χ2v) is 3.29.